The average molecular weight is 549 g/mol. The Morgan fingerprint density at radius 2 is 1.87 bits per heavy atom. The number of fused-ring (bicyclic) bond motifs is 1. The number of aromatic nitrogens is 2. The van der Waals surface area contributed by atoms with Crippen molar-refractivity contribution in [3.05, 3.63) is 108 Å². The van der Waals surface area contributed by atoms with E-state index in [0.717, 1.165) is 4.73 Å². The number of nitrogens with zero attached hydrogens (tertiary/aromatic N) is 2. The summed E-state index contributed by atoms with van der Waals surface area (Å²) in [6, 6.07) is 18.3. The van der Waals surface area contributed by atoms with Crippen LogP contribution in [0.2, 0.25) is 0 Å². The van der Waals surface area contributed by atoms with E-state index in [9.17, 15) is 18.8 Å². The molecule has 3 aromatic heterocycles. The number of hydrogen-bond donors (Lipinski definition) is 2. The first-order valence-corrected chi connectivity index (χ1v) is 12.5. The summed E-state index contributed by atoms with van der Waals surface area (Å²) >= 11 is 6.46. The molecule has 0 fully saturated rings. The molecule has 2 aromatic carbocycles. The lowest BCUT2D eigenvalue weighted by Gasteiger charge is -2.12. The lowest BCUT2D eigenvalue weighted by Crippen LogP contribution is -2.35. The van der Waals surface area contributed by atoms with Crippen molar-refractivity contribution in [1.82, 2.24) is 10.3 Å². The number of ether oxygens (including phenoxy) is 1. The van der Waals surface area contributed by atoms with Gasteiger partial charge in [-0.1, -0.05) is 12.1 Å². The van der Waals surface area contributed by atoms with Crippen molar-refractivity contribution in [3.8, 4) is 22.1 Å². The minimum Gasteiger partial charge on any atom is -0.618 e. The number of hydrogen-bond acceptors (Lipinski definition) is 6. The Bertz CT molecular complexity index is 1660. The van der Waals surface area contributed by atoms with Gasteiger partial charge in [0.05, 0.1) is 16.6 Å². The number of anilines is 1. The zero-order valence-corrected chi connectivity index (χ0v) is 21.1. The molecule has 0 aliphatic carbocycles. The highest BCUT2D eigenvalue weighted by atomic mass is 32.1. The maximum Gasteiger partial charge on any atom is 0.233 e. The third kappa shape index (κ3) is 5.74. The summed E-state index contributed by atoms with van der Waals surface area (Å²) in [5.41, 5.74) is 2.03. The van der Waals surface area contributed by atoms with Gasteiger partial charge in [0.2, 0.25) is 11.6 Å². The number of thiophene rings is 1. The van der Waals surface area contributed by atoms with E-state index < -0.39 is 17.5 Å². The number of benzene rings is 2. The van der Waals surface area contributed by atoms with Crippen molar-refractivity contribution in [1.29, 1.82) is 0 Å². The Hall–Kier alpha value is -4.48. The smallest absolute Gasteiger partial charge is 0.233 e. The van der Waals surface area contributed by atoms with Gasteiger partial charge in [0.15, 0.2) is 22.9 Å². The Kier molecular flexibility index (Phi) is 7.20. The van der Waals surface area contributed by atoms with Crippen LogP contribution in [0, 0.1) is 16.8 Å². The molecule has 7 nitrogen and oxygen atoms in total. The number of nitrogens with one attached hydrogen (secondary N) is 2. The summed E-state index contributed by atoms with van der Waals surface area (Å²) in [7, 11) is 0. The molecule has 190 valence electrons. The monoisotopic (exact) mass is 548 g/mol. The molecule has 38 heavy (non-hydrogen) atoms. The molecule has 5 rings (SSSR count). The fourth-order valence-electron chi connectivity index (χ4n) is 3.64. The Morgan fingerprint density at radius 3 is 2.63 bits per heavy atom. The van der Waals surface area contributed by atoms with Crippen LogP contribution in [-0.2, 0) is 11.2 Å². The number of pyridine rings is 2. The number of halogens is 2. The molecule has 0 aliphatic heterocycles. The summed E-state index contributed by atoms with van der Waals surface area (Å²) in [5.74, 6) is -1.08. The predicted octanol–water partition coefficient (Wildman–Crippen LogP) is 5.72. The van der Waals surface area contributed by atoms with E-state index in [0.29, 0.717) is 37.8 Å². The van der Waals surface area contributed by atoms with Gasteiger partial charge in [-0.3, -0.25) is 9.78 Å². The van der Waals surface area contributed by atoms with Crippen LogP contribution in [0.3, 0.4) is 0 Å². The fourth-order valence-corrected chi connectivity index (χ4v) is 4.95. The van der Waals surface area contributed by atoms with Gasteiger partial charge in [0.1, 0.15) is 16.4 Å². The van der Waals surface area contributed by atoms with Gasteiger partial charge in [-0.05, 0) is 54.2 Å². The number of amides is 1. The number of carbonyl (C=O) groups is 1. The van der Waals surface area contributed by atoms with Gasteiger partial charge >= 0.3 is 0 Å². The molecule has 0 spiro atoms. The summed E-state index contributed by atoms with van der Waals surface area (Å²) in [4.78, 5) is 17.2. The van der Waals surface area contributed by atoms with Gasteiger partial charge in [0.25, 0.3) is 0 Å². The maximum absolute atomic E-state index is 14.9. The topological polar surface area (TPSA) is 90.2 Å². The molecular weight excluding hydrogens is 530 g/mol. The zero-order chi connectivity index (χ0) is 26.6. The summed E-state index contributed by atoms with van der Waals surface area (Å²) in [6.07, 6.45) is 2.97. The molecule has 0 saturated carbocycles. The van der Waals surface area contributed by atoms with Crippen molar-refractivity contribution in [2.24, 2.45) is 0 Å². The van der Waals surface area contributed by atoms with E-state index in [-0.39, 0.29) is 17.3 Å². The van der Waals surface area contributed by atoms with Gasteiger partial charge in [-0.25, -0.2) is 8.78 Å². The van der Waals surface area contributed by atoms with Gasteiger partial charge in [-0.2, -0.15) is 4.73 Å². The van der Waals surface area contributed by atoms with Crippen molar-refractivity contribution < 1.29 is 23.0 Å². The molecule has 0 saturated heterocycles. The van der Waals surface area contributed by atoms with Gasteiger partial charge in [-0.15, -0.1) is 11.3 Å². The van der Waals surface area contributed by atoms with Crippen molar-refractivity contribution >= 4 is 50.5 Å². The van der Waals surface area contributed by atoms with Crippen LogP contribution in [0.5, 0.6) is 11.5 Å². The standard InChI is InChI=1S/C27H18F2N4O3S2/c28-17-6-4-16(5-7-17)13-25(34)32-27(37)31-18-8-9-22(19(29)14-18)36-23-10-11-30-20-15-24(38-26(20)23)21-3-1-2-12-33(21)35/h1-12,14-15H,13H2,(H2,31,32,34,37). The molecule has 0 radical (unpaired) electrons. The number of carbonyl (C=O) groups excluding carboxylic acids is 1. The van der Waals surface area contributed by atoms with Crippen LogP contribution in [0.15, 0.2) is 85.2 Å². The maximum atomic E-state index is 14.9. The highest BCUT2D eigenvalue weighted by molar-refractivity contribution is 7.80. The van der Waals surface area contributed by atoms with Crippen LogP contribution in [0.4, 0.5) is 14.5 Å². The van der Waals surface area contributed by atoms with Gasteiger partial charge in [0, 0.05) is 36.1 Å². The quantitative estimate of drug-likeness (QED) is 0.160. The van der Waals surface area contributed by atoms with E-state index in [1.807, 2.05) is 0 Å². The van der Waals surface area contributed by atoms with Crippen molar-refractivity contribution in [2.75, 3.05) is 5.32 Å². The number of thiocarbonyl (C=S) groups is 1. The first-order valence-electron chi connectivity index (χ1n) is 11.3. The summed E-state index contributed by atoms with van der Waals surface area (Å²) in [6.45, 7) is 0. The van der Waals surface area contributed by atoms with E-state index >= 15 is 0 Å². The second-order valence-corrected chi connectivity index (χ2v) is 9.56. The molecule has 0 unspecified atom stereocenters. The minimum atomic E-state index is -0.655. The Balaban J connectivity index is 1.26. The first-order chi connectivity index (χ1) is 18.4. The van der Waals surface area contributed by atoms with Crippen molar-refractivity contribution in [2.45, 2.75) is 6.42 Å². The second-order valence-electron chi connectivity index (χ2n) is 8.10. The normalized spacial score (nSPS) is 10.8. The fraction of sp³-hybridized carbons (Fsp3) is 0.0370. The largest absolute Gasteiger partial charge is 0.618 e. The summed E-state index contributed by atoms with van der Waals surface area (Å²) < 4.78 is 35.2. The average Bonchev–Trinajstić information content (AvgIpc) is 3.32. The minimum absolute atomic E-state index is 0.00711. The van der Waals surface area contributed by atoms with Crippen molar-refractivity contribution in [3.63, 3.8) is 0 Å². The molecule has 0 aliphatic rings. The molecular formula is C27H18F2N4O3S2. The number of rotatable bonds is 6. The van der Waals surface area contributed by atoms with Crippen LogP contribution in [0.25, 0.3) is 20.8 Å². The Labute approximate surface area is 224 Å². The second kappa shape index (κ2) is 10.9. The van der Waals surface area contributed by atoms with Crippen LogP contribution in [0.1, 0.15) is 5.56 Å². The van der Waals surface area contributed by atoms with E-state index in [1.165, 1.54) is 53.9 Å². The van der Waals surface area contributed by atoms with Crippen LogP contribution in [-0.4, -0.2) is 16.0 Å². The molecule has 2 N–H and O–H groups in total. The molecule has 3 heterocycles. The van der Waals surface area contributed by atoms with Crippen LogP contribution >= 0.6 is 23.6 Å². The summed E-state index contributed by atoms with van der Waals surface area (Å²) in [5, 5.41) is 17.4. The molecule has 5 aromatic rings. The highest BCUT2D eigenvalue weighted by Gasteiger charge is 2.17. The highest BCUT2D eigenvalue weighted by Crippen LogP contribution is 2.39. The van der Waals surface area contributed by atoms with Crippen LogP contribution < -0.4 is 20.1 Å². The third-order valence-electron chi connectivity index (χ3n) is 5.39. The molecule has 0 bridgehead atoms. The lowest BCUT2D eigenvalue weighted by molar-refractivity contribution is -0.593. The van der Waals surface area contributed by atoms with E-state index in [4.69, 9.17) is 17.0 Å². The molecule has 0 atom stereocenters. The Morgan fingerprint density at radius 1 is 1.05 bits per heavy atom. The predicted molar refractivity (Wildman–Crippen MR) is 145 cm³/mol. The zero-order valence-electron chi connectivity index (χ0n) is 19.5. The lowest BCUT2D eigenvalue weighted by atomic mass is 10.1. The molecule has 1 amide bonds. The van der Waals surface area contributed by atoms with E-state index in [1.54, 1.807) is 42.6 Å². The first kappa shape index (κ1) is 25.2. The third-order valence-corrected chi connectivity index (χ3v) is 6.76. The SMILES string of the molecule is O=C(Cc1ccc(F)cc1)NC(=S)Nc1ccc(Oc2ccnc3cc(-c4cccc[n+]4[O-])sc23)c(F)c1. The molecule has 11 heteroatoms. The van der Waals surface area contributed by atoms with Gasteiger partial charge < -0.3 is 20.6 Å². The van der Waals surface area contributed by atoms with E-state index in [2.05, 4.69) is 15.6 Å².